The molecule has 3 aromatic rings. The lowest BCUT2D eigenvalue weighted by molar-refractivity contribution is 0.411. The SMILES string of the molecule is COc1cc(C)c(S(=O)(=O)NCc2nc(-c3cccnc3)cs2)cc1C. The largest absolute Gasteiger partial charge is 0.496 e. The first-order chi connectivity index (χ1) is 12.4. The molecule has 0 aliphatic rings. The third-order valence-electron chi connectivity index (χ3n) is 3.90. The lowest BCUT2D eigenvalue weighted by atomic mass is 10.1. The Morgan fingerprint density at radius 1 is 1.23 bits per heavy atom. The van der Waals surface area contributed by atoms with Gasteiger partial charge >= 0.3 is 0 Å². The summed E-state index contributed by atoms with van der Waals surface area (Å²) in [6, 6.07) is 7.11. The zero-order valence-corrected chi connectivity index (χ0v) is 16.3. The number of hydrogen-bond acceptors (Lipinski definition) is 6. The van der Waals surface area contributed by atoms with Crippen molar-refractivity contribution in [2.24, 2.45) is 0 Å². The molecule has 0 spiro atoms. The highest BCUT2D eigenvalue weighted by Crippen LogP contribution is 2.26. The van der Waals surface area contributed by atoms with Crippen molar-refractivity contribution in [3.05, 3.63) is 58.2 Å². The molecule has 2 aromatic heterocycles. The molecule has 0 aliphatic heterocycles. The average molecular weight is 390 g/mol. The minimum Gasteiger partial charge on any atom is -0.496 e. The lowest BCUT2D eigenvalue weighted by Gasteiger charge is -2.12. The van der Waals surface area contributed by atoms with E-state index in [1.807, 2.05) is 24.4 Å². The third kappa shape index (κ3) is 3.92. The van der Waals surface area contributed by atoms with Gasteiger partial charge in [-0.15, -0.1) is 11.3 Å². The van der Waals surface area contributed by atoms with Crippen LogP contribution in [0.25, 0.3) is 11.3 Å². The molecule has 0 bridgehead atoms. The molecule has 3 rings (SSSR count). The van der Waals surface area contributed by atoms with Gasteiger partial charge in [-0.05, 0) is 49.2 Å². The zero-order valence-electron chi connectivity index (χ0n) is 14.7. The predicted molar refractivity (Wildman–Crippen MR) is 102 cm³/mol. The van der Waals surface area contributed by atoms with E-state index in [1.54, 1.807) is 38.6 Å². The number of sulfonamides is 1. The van der Waals surface area contributed by atoms with Crippen molar-refractivity contribution in [3.63, 3.8) is 0 Å². The minimum absolute atomic E-state index is 0.137. The van der Waals surface area contributed by atoms with Crippen LogP contribution in [0.5, 0.6) is 5.75 Å². The van der Waals surface area contributed by atoms with E-state index in [9.17, 15) is 8.42 Å². The van der Waals surface area contributed by atoms with Crippen LogP contribution >= 0.6 is 11.3 Å². The van der Waals surface area contributed by atoms with Crippen molar-refractivity contribution in [3.8, 4) is 17.0 Å². The van der Waals surface area contributed by atoms with Gasteiger partial charge < -0.3 is 4.74 Å². The van der Waals surface area contributed by atoms with Gasteiger partial charge in [0.15, 0.2) is 0 Å². The van der Waals surface area contributed by atoms with E-state index in [0.717, 1.165) is 16.8 Å². The number of benzene rings is 1. The summed E-state index contributed by atoms with van der Waals surface area (Å²) in [4.78, 5) is 8.80. The van der Waals surface area contributed by atoms with E-state index in [1.165, 1.54) is 11.3 Å². The van der Waals surface area contributed by atoms with Crippen LogP contribution in [0, 0.1) is 13.8 Å². The maximum absolute atomic E-state index is 12.7. The highest BCUT2D eigenvalue weighted by molar-refractivity contribution is 7.89. The molecule has 8 heteroatoms. The lowest BCUT2D eigenvalue weighted by Crippen LogP contribution is -2.24. The van der Waals surface area contributed by atoms with Crippen molar-refractivity contribution >= 4 is 21.4 Å². The molecule has 0 atom stereocenters. The summed E-state index contributed by atoms with van der Waals surface area (Å²) in [5.74, 6) is 0.669. The van der Waals surface area contributed by atoms with E-state index >= 15 is 0 Å². The number of aromatic nitrogens is 2. The van der Waals surface area contributed by atoms with Gasteiger partial charge in [-0.25, -0.2) is 18.1 Å². The summed E-state index contributed by atoms with van der Waals surface area (Å²) in [6.07, 6.45) is 3.43. The van der Waals surface area contributed by atoms with Crippen LogP contribution in [0.3, 0.4) is 0 Å². The summed E-state index contributed by atoms with van der Waals surface area (Å²) in [5, 5.41) is 2.58. The maximum atomic E-state index is 12.7. The second-order valence-electron chi connectivity index (χ2n) is 5.78. The average Bonchev–Trinajstić information content (AvgIpc) is 3.11. The minimum atomic E-state index is -3.64. The molecule has 0 unspecified atom stereocenters. The Morgan fingerprint density at radius 3 is 2.73 bits per heavy atom. The molecule has 26 heavy (non-hydrogen) atoms. The normalized spacial score (nSPS) is 11.5. The molecule has 2 heterocycles. The number of rotatable bonds is 6. The fourth-order valence-corrected chi connectivity index (χ4v) is 4.68. The first-order valence-corrected chi connectivity index (χ1v) is 10.3. The summed E-state index contributed by atoms with van der Waals surface area (Å²) in [5.41, 5.74) is 3.09. The van der Waals surface area contributed by atoms with Crippen LogP contribution in [-0.4, -0.2) is 25.5 Å². The predicted octanol–water partition coefficient (Wildman–Crippen LogP) is 3.31. The Hall–Kier alpha value is -2.29. The van der Waals surface area contributed by atoms with Crippen LogP contribution in [-0.2, 0) is 16.6 Å². The molecule has 0 fully saturated rings. The molecular weight excluding hydrogens is 370 g/mol. The van der Waals surface area contributed by atoms with Gasteiger partial charge in [0.05, 0.1) is 24.2 Å². The number of nitrogens with one attached hydrogen (secondary N) is 1. The van der Waals surface area contributed by atoms with Crippen LogP contribution in [0.15, 0.2) is 46.9 Å². The number of hydrogen-bond donors (Lipinski definition) is 1. The number of pyridine rings is 1. The number of thiazole rings is 1. The molecule has 1 aromatic carbocycles. The number of nitrogens with zero attached hydrogens (tertiary/aromatic N) is 2. The summed E-state index contributed by atoms with van der Waals surface area (Å²) in [6.45, 7) is 3.70. The van der Waals surface area contributed by atoms with Gasteiger partial charge in [0, 0.05) is 23.3 Å². The standard InChI is InChI=1S/C18H19N3O3S2/c1-12-8-17(13(2)7-16(12)24-3)26(22,23)20-10-18-21-15(11-25-18)14-5-4-6-19-9-14/h4-9,11,20H,10H2,1-3H3. The maximum Gasteiger partial charge on any atom is 0.241 e. The summed E-state index contributed by atoms with van der Waals surface area (Å²) in [7, 11) is -2.08. The Bertz CT molecular complexity index is 1020. The molecular formula is C18H19N3O3S2. The van der Waals surface area contributed by atoms with Gasteiger partial charge in [0.25, 0.3) is 0 Å². The number of ether oxygens (including phenoxy) is 1. The van der Waals surface area contributed by atoms with Gasteiger partial charge in [-0.1, -0.05) is 0 Å². The van der Waals surface area contributed by atoms with E-state index in [4.69, 9.17) is 4.74 Å². The monoisotopic (exact) mass is 389 g/mol. The summed E-state index contributed by atoms with van der Waals surface area (Å²) >= 11 is 1.41. The molecule has 0 radical (unpaired) electrons. The second-order valence-corrected chi connectivity index (χ2v) is 8.46. The highest BCUT2D eigenvalue weighted by atomic mass is 32.2. The van der Waals surface area contributed by atoms with Crippen molar-refractivity contribution in [2.45, 2.75) is 25.3 Å². The Labute approximate surface area is 157 Å². The topological polar surface area (TPSA) is 81.2 Å². The molecule has 0 saturated heterocycles. The van der Waals surface area contributed by atoms with Crippen molar-refractivity contribution in [1.82, 2.24) is 14.7 Å². The first kappa shape index (κ1) is 18.5. The van der Waals surface area contributed by atoms with Crippen LogP contribution in [0.2, 0.25) is 0 Å². The van der Waals surface area contributed by atoms with Crippen molar-refractivity contribution < 1.29 is 13.2 Å². The molecule has 1 N–H and O–H groups in total. The summed E-state index contributed by atoms with van der Waals surface area (Å²) < 4.78 is 33.2. The third-order valence-corrected chi connectivity index (χ3v) is 6.30. The first-order valence-electron chi connectivity index (χ1n) is 7.90. The van der Waals surface area contributed by atoms with Crippen LogP contribution in [0.4, 0.5) is 0 Å². The van der Waals surface area contributed by atoms with Crippen molar-refractivity contribution in [1.29, 1.82) is 0 Å². The molecule has 136 valence electrons. The smallest absolute Gasteiger partial charge is 0.241 e. The number of aryl methyl sites for hydroxylation is 2. The van der Waals surface area contributed by atoms with Gasteiger partial charge in [0.2, 0.25) is 10.0 Å². The number of methoxy groups -OCH3 is 1. The second kappa shape index (κ2) is 7.53. The van der Waals surface area contributed by atoms with Crippen molar-refractivity contribution in [2.75, 3.05) is 7.11 Å². The van der Waals surface area contributed by atoms with Gasteiger partial charge in [-0.3, -0.25) is 4.98 Å². The molecule has 0 amide bonds. The van der Waals surface area contributed by atoms with E-state index in [0.29, 0.717) is 16.3 Å². The van der Waals surface area contributed by atoms with Crippen LogP contribution < -0.4 is 9.46 Å². The fraction of sp³-hybridized carbons (Fsp3) is 0.222. The highest BCUT2D eigenvalue weighted by Gasteiger charge is 2.19. The molecule has 0 saturated carbocycles. The van der Waals surface area contributed by atoms with E-state index < -0.39 is 10.0 Å². The molecule has 0 aliphatic carbocycles. The van der Waals surface area contributed by atoms with Gasteiger partial charge in [-0.2, -0.15) is 0 Å². The van der Waals surface area contributed by atoms with Crippen LogP contribution in [0.1, 0.15) is 16.1 Å². The van der Waals surface area contributed by atoms with E-state index in [-0.39, 0.29) is 11.4 Å². The van der Waals surface area contributed by atoms with Gasteiger partial charge in [0.1, 0.15) is 10.8 Å². The quantitative estimate of drug-likeness (QED) is 0.699. The fourth-order valence-electron chi connectivity index (χ4n) is 2.55. The Balaban J connectivity index is 1.77. The Morgan fingerprint density at radius 2 is 2.04 bits per heavy atom. The molecule has 6 nitrogen and oxygen atoms in total. The zero-order chi connectivity index (χ0) is 18.7. The van der Waals surface area contributed by atoms with E-state index in [2.05, 4.69) is 14.7 Å². The Kier molecular flexibility index (Phi) is 5.36.